The van der Waals surface area contributed by atoms with Crippen molar-refractivity contribution in [2.24, 2.45) is 0 Å². The van der Waals surface area contributed by atoms with Crippen LogP contribution in [-0.4, -0.2) is 40.6 Å². The van der Waals surface area contributed by atoms with Gasteiger partial charge in [0.25, 0.3) is 0 Å². The molecule has 1 N–H and O–H groups in total. The first-order chi connectivity index (χ1) is 15.4. The van der Waals surface area contributed by atoms with E-state index in [4.69, 9.17) is 25.8 Å². The third kappa shape index (κ3) is 5.83. The number of carbonyl (C=O) groups excluding carboxylic acids is 1. The summed E-state index contributed by atoms with van der Waals surface area (Å²) >= 11 is 7.24. The molecule has 0 aliphatic carbocycles. The van der Waals surface area contributed by atoms with Gasteiger partial charge < -0.3 is 24.1 Å². The Bertz CT molecular complexity index is 1100. The van der Waals surface area contributed by atoms with Crippen molar-refractivity contribution in [2.75, 3.05) is 25.3 Å². The van der Waals surface area contributed by atoms with Gasteiger partial charge in [0.05, 0.1) is 30.7 Å². The summed E-state index contributed by atoms with van der Waals surface area (Å²) in [7, 11) is 3.07. The molecule has 0 fully saturated rings. The average Bonchev–Trinajstić information content (AvgIpc) is 3.18. The minimum Gasteiger partial charge on any atom is -0.497 e. The average molecular weight is 481 g/mol. The lowest BCUT2D eigenvalue weighted by molar-refractivity contribution is -0.113. The normalized spacial score (nSPS) is 10.7. The number of benzene rings is 2. The van der Waals surface area contributed by atoms with Gasteiger partial charge in [0, 0.05) is 12.6 Å². The molecule has 0 aliphatic rings. The molecule has 0 atom stereocenters. The molecule has 8 nitrogen and oxygen atoms in total. The molecule has 170 valence electrons. The molecule has 0 saturated carbocycles. The van der Waals surface area contributed by atoms with Gasteiger partial charge in [-0.2, -0.15) is 0 Å². The van der Waals surface area contributed by atoms with Gasteiger partial charge in [0.1, 0.15) is 29.7 Å². The molecular weight excluding hydrogens is 459 g/mol. The monoisotopic (exact) mass is 480 g/mol. The van der Waals surface area contributed by atoms with Crippen LogP contribution in [0.15, 0.2) is 41.6 Å². The number of ether oxygens (including phenoxy) is 3. The summed E-state index contributed by atoms with van der Waals surface area (Å²) < 4.78 is 31.1. The van der Waals surface area contributed by atoms with Crippen LogP contribution in [0.3, 0.4) is 0 Å². The third-order valence-electron chi connectivity index (χ3n) is 4.37. The van der Waals surface area contributed by atoms with E-state index in [1.165, 1.54) is 37.1 Å². The second-order valence-corrected chi connectivity index (χ2v) is 7.76. The molecule has 1 aromatic heterocycles. The summed E-state index contributed by atoms with van der Waals surface area (Å²) in [5.41, 5.74) is 0.514. The molecule has 1 amide bonds. The minimum absolute atomic E-state index is 0.0972. The summed E-state index contributed by atoms with van der Waals surface area (Å²) in [6.07, 6.45) is 0. The molecule has 0 saturated heterocycles. The number of hydrogen-bond acceptors (Lipinski definition) is 7. The zero-order chi connectivity index (χ0) is 23.1. The SMILES string of the molecule is CCn1c(COc2ccc(F)cc2Cl)nnc1SCC(=O)Nc1cc(OC)ccc1OC. The Hall–Kier alpha value is -2.98. The number of anilines is 1. The van der Waals surface area contributed by atoms with Crippen LogP contribution in [-0.2, 0) is 17.9 Å². The van der Waals surface area contributed by atoms with Crippen molar-refractivity contribution in [1.29, 1.82) is 0 Å². The second-order valence-electron chi connectivity index (χ2n) is 6.41. The number of nitrogens with one attached hydrogen (secondary N) is 1. The summed E-state index contributed by atoms with van der Waals surface area (Å²) in [5, 5.41) is 11.9. The summed E-state index contributed by atoms with van der Waals surface area (Å²) in [5.74, 6) is 1.48. The van der Waals surface area contributed by atoms with Crippen LogP contribution in [0.5, 0.6) is 17.2 Å². The lowest BCUT2D eigenvalue weighted by Crippen LogP contribution is -2.15. The molecule has 0 bridgehead atoms. The zero-order valence-electron chi connectivity index (χ0n) is 17.7. The summed E-state index contributed by atoms with van der Waals surface area (Å²) in [6, 6.07) is 9.05. The van der Waals surface area contributed by atoms with Crippen molar-refractivity contribution in [3.05, 3.63) is 53.1 Å². The maximum atomic E-state index is 13.2. The first-order valence-corrected chi connectivity index (χ1v) is 11.0. The number of carbonyl (C=O) groups is 1. The molecule has 2 aromatic carbocycles. The van der Waals surface area contributed by atoms with Crippen molar-refractivity contribution < 1.29 is 23.4 Å². The van der Waals surface area contributed by atoms with Crippen molar-refractivity contribution in [1.82, 2.24) is 14.8 Å². The first-order valence-electron chi connectivity index (χ1n) is 9.59. The smallest absolute Gasteiger partial charge is 0.234 e. The largest absolute Gasteiger partial charge is 0.497 e. The van der Waals surface area contributed by atoms with E-state index < -0.39 is 5.82 Å². The van der Waals surface area contributed by atoms with E-state index in [0.29, 0.717) is 40.5 Å². The molecule has 32 heavy (non-hydrogen) atoms. The number of nitrogens with zero attached hydrogens (tertiary/aromatic N) is 3. The Kier molecular flexibility index (Phi) is 8.18. The minimum atomic E-state index is -0.442. The highest BCUT2D eigenvalue weighted by Crippen LogP contribution is 2.29. The molecular formula is C21H22ClFN4O4S. The zero-order valence-corrected chi connectivity index (χ0v) is 19.3. The predicted molar refractivity (Wildman–Crippen MR) is 120 cm³/mol. The first kappa shape index (κ1) is 23.7. The van der Waals surface area contributed by atoms with Gasteiger partial charge in [-0.05, 0) is 37.3 Å². The number of halogens is 2. The molecule has 3 rings (SSSR count). The quantitative estimate of drug-likeness (QED) is 0.430. The Balaban J connectivity index is 1.62. The van der Waals surface area contributed by atoms with E-state index >= 15 is 0 Å². The molecule has 0 radical (unpaired) electrons. The van der Waals surface area contributed by atoms with Crippen LogP contribution in [0.4, 0.5) is 10.1 Å². The Morgan fingerprint density at radius 3 is 2.62 bits per heavy atom. The van der Waals surface area contributed by atoms with Crippen LogP contribution in [0.25, 0.3) is 0 Å². The van der Waals surface area contributed by atoms with Crippen LogP contribution < -0.4 is 19.5 Å². The Morgan fingerprint density at radius 1 is 1.16 bits per heavy atom. The number of methoxy groups -OCH3 is 2. The molecule has 0 aliphatic heterocycles. The van der Waals surface area contributed by atoms with Gasteiger partial charge in [-0.3, -0.25) is 4.79 Å². The van der Waals surface area contributed by atoms with Gasteiger partial charge in [-0.1, -0.05) is 23.4 Å². The Morgan fingerprint density at radius 2 is 1.94 bits per heavy atom. The fourth-order valence-corrected chi connectivity index (χ4v) is 3.86. The van der Waals surface area contributed by atoms with Crippen LogP contribution >= 0.6 is 23.4 Å². The topological polar surface area (TPSA) is 87.5 Å². The third-order valence-corrected chi connectivity index (χ3v) is 5.64. The summed E-state index contributed by atoms with van der Waals surface area (Å²) in [6.45, 7) is 2.61. The van der Waals surface area contributed by atoms with E-state index in [-0.39, 0.29) is 23.3 Å². The molecule has 0 unspecified atom stereocenters. The Labute approximate surface area is 194 Å². The maximum absolute atomic E-state index is 13.2. The van der Waals surface area contributed by atoms with E-state index in [1.807, 2.05) is 11.5 Å². The molecule has 3 aromatic rings. The number of amides is 1. The van der Waals surface area contributed by atoms with Gasteiger partial charge in [0.15, 0.2) is 11.0 Å². The van der Waals surface area contributed by atoms with E-state index in [2.05, 4.69) is 15.5 Å². The lowest BCUT2D eigenvalue weighted by Gasteiger charge is -2.12. The van der Waals surface area contributed by atoms with Crippen molar-refractivity contribution in [3.63, 3.8) is 0 Å². The summed E-state index contributed by atoms with van der Waals surface area (Å²) in [4.78, 5) is 12.5. The number of rotatable bonds is 10. The fourth-order valence-electron chi connectivity index (χ4n) is 2.81. The van der Waals surface area contributed by atoms with E-state index in [0.717, 1.165) is 0 Å². The number of hydrogen-bond donors (Lipinski definition) is 1. The van der Waals surface area contributed by atoms with Gasteiger partial charge >= 0.3 is 0 Å². The number of aromatic nitrogens is 3. The standard InChI is InChI=1S/C21H22ClFN4O4S/c1-4-27-19(11-31-17-7-5-13(23)9-15(17)22)25-26-21(27)32-12-20(28)24-16-10-14(29-2)6-8-18(16)30-3/h5-10H,4,11-12H2,1-3H3,(H,24,28). The van der Waals surface area contributed by atoms with Crippen LogP contribution in [0, 0.1) is 5.82 Å². The fraction of sp³-hybridized carbons (Fsp3) is 0.286. The van der Waals surface area contributed by atoms with E-state index in [9.17, 15) is 9.18 Å². The van der Waals surface area contributed by atoms with Crippen LogP contribution in [0.1, 0.15) is 12.7 Å². The van der Waals surface area contributed by atoms with Crippen LogP contribution in [0.2, 0.25) is 5.02 Å². The highest BCUT2D eigenvalue weighted by atomic mass is 35.5. The van der Waals surface area contributed by atoms with E-state index in [1.54, 1.807) is 25.3 Å². The highest BCUT2D eigenvalue weighted by molar-refractivity contribution is 7.99. The number of thioether (sulfide) groups is 1. The second kappa shape index (κ2) is 11.1. The highest BCUT2D eigenvalue weighted by Gasteiger charge is 2.16. The van der Waals surface area contributed by atoms with Gasteiger partial charge in [-0.25, -0.2) is 4.39 Å². The van der Waals surface area contributed by atoms with Gasteiger partial charge in [0.2, 0.25) is 5.91 Å². The maximum Gasteiger partial charge on any atom is 0.234 e. The predicted octanol–water partition coefficient (Wildman–Crippen LogP) is 4.42. The van der Waals surface area contributed by atoms with Crippen molar-refractivity contribution in [3.8, 4) is 17.2 Å². The van der Waals surface area contributed by atoms with Crippen molar-refractivity contribution in [2.45, 2.75) is 25.2 Å². The lowest BCUT2D eigenvalue weighted by atomic mass is 10.2. The molecule has 1 heterocycles. The molecule has 11 heteroatoms. The van der Waals surface area contributed by atoms with Crippen molar-refractivity contribution >= 4 is 35.0 Å². The molecule has 0 spiro atoms. The van der Waals surface area contributed by atoms with Gasteiger partial charge in [-0.15, -0.1) is 10.2 Å².